The molecule has 1 atom stereocenters. The molecule has 1 heterocycles. The molecule has 1 amide bonds. The van der Waals surface area contributed by atoms with E-state index in [0.29, 0.717) is 13.0 Å². The van der Waals surface area contributed by atoms with Crippen LogP contribution in [0.4, 0.5) is 0 Å². The van der Waals surface area contributed by atoms with Gasteiger partial charge in [0.2, 0.25) is 5.91 Å². The molecule has 5 nitrogen and oxygen atoms in total. The second-order valence-corrected chi connectivity index (χ2v) is 7.40. The molecule has 0 saturated heterocycles. The Kier molecular flexibility index (Phi) is 6.01. The third-order valence-corrected chi connectivity index (χ3v) is 4.22. The molecule has 25 heavy (non-hydrogen) atoms. The van der Waals surface area contributed by atoms with E-state index in [9.17, 15) is 9.90 Å². The first-order valence-corrected chi connectivity index (χ1v) is 8.64. The minimum atomic E-state index is -0.951. The topological polar surface area (TPSA) is 66.6 Å². The van der Waals surface area contributed by atoms with Gasteiger partial charge in [-0.05, 0) is 39.7 Å². The molecule has 136 valence electrons. The summed E-state index contributed by atoms with van der Waals surface area (Å²) < 4.78 is 5.20. The van der Waals surface area contributed by atoms with E-state index < -0.39 is 5.60 Å². The summed E-state index contributed by atoms with van der Waals surface area (Å²) in [5.74, 6) is 0.558. The van der Waals surface area contributed by atoms with Crippen LogP contribution in [0.1, 0.15) is 43.4 Å². The minimum absolute atomic E-state index is 0.0194. The maximum atomic E-state index is 13.0. The monoisotopic (exact) mass is 344 g/mol. The highest BCUT2D eigenvalue weighted by Crippen LogP contribution is 2.20. The van der Waals surface area contributed by atoms with Crippen molar-refractivity contribution in [2.24, 2.45) is 5.92 Å². The lowest BCUT2D eigenvalue weighted by molar-refractivity contribution is -0.138. The highest BCUT2D eigenvalue weighted by atomic mass is 16.5. The maximum Gasteiger partial charge on any atom is 0.226 e. The van der Waals surface area contributed by atoms with Crippen molar-refractivity contribution in [2.45, 2.75) is 53.2 Å². The second kappa shape index (κ2) is 7.83. The number of rotatable bonds is 7. The number of aliphatic hydroxyl groups is 1. The number of aromatic nitrogens is 1. The molecule has 0 aliphatic carbocycles. The molecule has 2 aromatic rings. The lowest BCUT2D eigenvalue weighted by atomic mass is 9.97. The number of carbonyl (C=O) groups excluding carboxylic acids is 1. The van der Waals surface area contributed by atoms with Gasteiger partial charge in [0.05, 0.1) is 11.3 Å². The average molecular weight is 344 g/mol. The zero-order valence-corrected chi connectivity index (χ0v) is 15.7. The Hall–Kier alpha value is -2.14. The SMILES string of the molecule is Cc1noc(C)c1CC(C)C(=O)N(Cc1ccccc1)CC(C)(C)O. The van der Waals surface area contributed by atoms with Gasteiger partial charge in [-0.2, -0.15) is 0 Å². The summed E-state index contributed by atoms with van der Waals surface area (Å²) in [6, 6.07) is 9.84. The number of amides is 1. The highest BCUT2D eigenvalue weighted by molar-refractivity contribution is 5.79. The van der Waals surface area contributed by atoms with E-state index in [2.05, 4.69) is 5.16 Å². The van der Waals surface area contributed by atoms with Crippen molar-refractivity contribution >= 4 is 5.91 Å². The third kappa shape index (κ3) is 5.43. The minimum Gasteiger partial charge on any atom is -0.389 e. The van der Waals surface area contributed by atoms with Crippen molar-refractivity contribution in [3.05, 3.63) is 52.9 Å². The van der Waals surface area contributed by atoms with Crippen molar-refractivity contribution < 1.29 is 14.4 Å². The van der Waals surface area contributed by atoms with E-state index in [-0.39, 0.29) is 18.4 Å². The van der Waals surface area contributed by atoms with Gasteiger partial charge in [0.25, 0.3) is 0 Å². The first-order valence-electron chi connectivity index (χ1n) is 8.64. The first-order chi connectivity index (χ1) is 11.7. The molecule has 0 radical (unpaired) electrons. The maximum absolute atomic E-state index is 13.0. The number of nitrogens with zero attached hydrogens (tertiary/aromatic N) is 2. The van der Waals surface area contributed by atoms with Crippen LogP contribution in [0.25, 0.3) is 0 Å². The van der Waals surface area contributed by atoms with Crippen LogP contribution in [0.2, 0.25) is 0 Å². The molecular weight excluding hydrogens is 316 g/mol. The summed E-state index contributed by atoms with van der Waals surface area (Å²) in [5, 5.41) is 14.2. The van der Waals surface area contributed by atoms with Crippen LogP contribution in [-0.2, 0) is 17.8 Å². The van der Waals surface area contributed by atoms with Gasteiger partial charge in [-0.1, -0.05) is 42.4 Å². The Balaban J connectivity index is 2.16. The van der Waals surface area contributed by atoms with Crippen LogP contribution >= 0.6 is 0 Å². The molecule has 0 fully saturated rings. The molecule has 0 aliphatic heterocycles. The number of hydrogen-bond acceptors (Lipinski definition) is 4. The Labute approximate surface area is 149 Å². The van der Waals surface area contributed by atoms with Gasteiger partial charge in [-0.25, -0.2) is 0 Å². The second-order valence-electron chi connectivity index (χ2n) is 7.40. The van der Waals surface area contributed by atoms with Gasteiger partial charge < -0.3 is 14.5 Å². The summed E-state index contributed by atoms with van der Waals surface area (Å²) in [4.78, 5) is 14.8. The fraction of sp³-hybridized carbons (Fsp3) is 0.500. The molecule has 0 bridgehead atoms. The summed E-state index contributed by atoms with van der Waals surface area (Å²) in [7, 11) is 0. The molecule has 1 unspecified atom stereocenters. The number of carbonyl (C=O) groups is 1. The summed E-state index contributed by atoms with van der Waals surface area (Å²) >= 11 is 0. The first kappa shape index (κ1) is 19.2. The molecule has 2 rings (SSSR count). The van der Waals surface area contributed by atoms with Crippen LogP contribution in [0.3, 0.4) is 0 Å². The highest BCUT2D eigenvalue weighted by Gasteiger charge is 2.27. The third-order valence-electron chi connectivity index (χ3n) is 4.22. The average Bonchev–Trinajstić information content (AvgIpc) is 2.85. The predicted octanol–water partition coefficient (Wildman–Crippen LogP) is 3.27. The summed E-state index contributed by atoms with van der Waals surface area (Å²) in [6.45, 7) is 9.88. The molecule has 1 aromatic heterocycles. The summed E-state index contributed by atoms with van der Waals surface area (Å²) in [6.07, 6.45) is 0.581. The van der Waals surface area contributed by atoms with Crippen molar-refractivity contribution in [1.82, 2.24) is 10.1 Å². The largest absolute Gasteiger partial charge is 0.389 e. The normalized spacial score (nSPS) is 12.9. The van der Waals surface area contributed by atoms with Gasteiger partial charge in [-0.15, -0.1) is 0 Å². The Bertz CT molecular complexity index is 682. The summed E-state index contributed by atoms with van der Waals surface area (Å²) in [5.41, 5.74) is 1.91. The lowest BCUT2D eigenvalue weighted by Gasteiger charge is -2.31. The number of aryl methyl sites for hydroxylation is 2. The van der Waals surface area contributed by atoms with Gasteiger partial charge in [-0.3, -0.25) is 4.79 Å². The van der Waals surface area contributed by atoms with Crippen LogP contribution in [0.5, 0.6) is 0 Å². The van der Waals surface area contributed by atoms with Crippen LogP contribution in [-0.4, -0.2) is 33.2 Å². The molecule has 0 spiro atoms. The molecule has 1 aromatic carbocycles. The van der Waals surface area contributed by atoms with E-state index in [1.54, 1.807) is 18.7 Å². The Morgan fingerprint density at radius 2 is 1.92 bits per heavy atom. The van der Waals surface area contributed by atoms with Gasteiger partial charge in [0, 0.05) is 24.6 Å². The molecule has 1 N–H and O–H groups in total. The Morgan fingerprint density at radius 1 is 1.28 bits per heavy atom. The van der Waals surface area contributed by atoms with E-state index in [0.717, 1.165) is 22.6 Å². The fourth-order valence-corrected chi connectivity index (χ4v) is 2.98. The van der Waals surface area contributed by atoms with E-state index >= 15 is 0 Å². The van der Waals surface area contributed by atoms with E-state index in [4.69, 9.17) is 4.52 Å². The zero-order valence-electron chi connectivity index (χ0n) is 15.7. The van der Waals surface area contributed by atoms with Gasteiger partial charge >= 0.3 is 0 Å². The molecular formula is C20H28N2O3. The number of benzene rings is 1. The smallest absolute Gasteiger partial charge is 0.226 e. The van der Waals surface area contributed by atoms with Crippen LogP contribution in [0.15, 0.2) is 34.9 Å². The van der Waals surface area contributed by atoms with Gasteiger partial charge in [0.1, 0.15) is 5.76 Å². The van der Waals surface area contributed by atoms with Crippen molar-refractivity contribution in [2.75, 3.05) is 6.54 Å². The lowest BCUT2D eigenvalue weighted by Crippen LogP contribution is -2.44. The molecule has 5 heteroatoms. The molecule has 0 aliphatic rings. The predicted molar refractivity (Wildman–Crippen MR) is 97.0 cm³/mol. The quantitative estimate of drug-likeness (QED) is 0.837. The molecule has 0 saturated carbocycles. The van der Waals surface area contributed by atoms with Crippen LogP contribution < -0.4 is 0 Å². The zero-order chi connectivity index (χ0) is 18.6. The Morgan fingerprint density at radius 3 is 2.44 bits per heavy atom. The fourth-order valence-electron chi connectivity index (χ4n) is 2.98. The van der Waals surface area contributed by atoms with Crippen molar-refractivity contribution in [3.8, 4) is 0 Å². The van der Waals surface area contributed by atoms with Crippen LogP contribution in [0, 0.1) is 19.8 Å². The van der Waals surface area contributed by atoms with E-state index in [1.807, 2.05) is 51.1 Å². The van der Waals surface area contributed by atoms with E-state index in [1.165, 1.54) is 0 Å². The van der Waals surface area contributed by atoms with Gasteiger partial charge in [0.15, 0.2) is 0 Å². The number of hydrogen-bond donors (Lipinski definition) is 1. The standard InChI is InChI=1S/C20H28N2O3/c1-14(11-18-15(2)21-25-16(18)3)19(23)22(13-20(4,5)24)12-17-9-7-6-8-10-17/h6-10,14,24H,11-13H2,1-5H3. The van der Waals surface area contributed by atoms with Crippen molar-refractivity contribution in [1.29, 1.82) is 0 Å². The van der Waals surface area contributed by atoms with Crippen molar-refractivity contribution in [3.63, 3.8) is 0 Å².